The molecule has 0 fully saturated rings. The summed E-state index contributed by atoms with van der Waals surface area (Å²) >= 11 is 0. The first-order valence-corrected chi connectivity index (χ1v) is 6.76. The molecular formula is C15H19N3O2. The van der Waals surface area contributed by atoms with Gasteiger partial charge in [-0.15, -0.1) is 0 Å². The summed E-state index contributed by atoms with van der Waals surface area (Å²) in [6.45, 7) is 4.08. The van der Waals surface area contributed by atoms with Crippen LogP contribution in [-0.4, -0.2) is 23.8 Å². The van der Waals surface area contributed by atoms with Crippen molar-refractivity contribution in [3.63, 3.8) is 0 Å². The van der Waals surface area contributed by atoms with Gasteiger partial charge in [-0.25, -0.2) is 9.98 Å². The molecule has 0 radical (unpaired) electrons. The minimum atomic E-state index is -0.989. The summed E-state index contributed by atoms with van der Waals surface area (Å²) in [4.78, 5) is 19.6. The van der Waals surface area contributed by atoms with Gasteiger partial charge >= 0.3 is 5.97 Å². The summed E-state index contributed by atoms with van der Waals surface area (Å²) < 4.78 is 4.77. The van der Waals surface area contributed by atoms with Gasteiger partial charge in [-0.05, 0) is 31.4 Å². The van der Waals surface area contributed by atoms with Crippen molar-refractivity contribution in [2.75, 3.05) is 6.61 Å². The lowest BCUT2D eigenvalue weighted by Crippen LogP contribution is -2.17. The molecule has 0 bridgehead atoms. The van der Waals surface area contributed by atoms with E-state index in [0.29, 0.717) is 5.82 Å². The van der Waals surface area contributed by atoms with Gasteiger partial charge in [0, 0.05) is 12.4 Å². The quantitative estimate of drug-likeness (QED) is 0.565. The number of esters is 1. The molecule has 0 amide bonds. The largest absolute Gasteiger partial charge is 0.465 e. The van der Waals surface area contributed by atoms with Crippen LogP contribution in [0.2, 0.25) is 0 Å². The molecule has 0 spiro atoms. The summed E-state index contributed by atoms with van der Waals surface area (Å²) in [6.07, 6.45) is 6.31. The Hall–Kier alpha value is -2.22. The van der Waals surface area contributed by atoms with Gasteiger partial charge in [0.2, 0.25) is 0 Å². The fourth-order valence-electron chi connectivity index (χ4n) is 1.55. The minimum absolute atomic E-state index is 0.245. The van der Waals surface area contributed by atoms with Crippen LogP contribution in [0.25, 0.3) is 0 Å². The molecule has 20 heavy (non-hydrogen) atoms. The fourth-order valence-corrected chi connectivity index (χ4v) is 1.55. The number of hydrogen-bond donors (Lipinski definition) is 0. The summed E-state index contributed by atoms with van der Waals surface area (Å²) in [5.41, 5.74) is 1.16. The smallest absolute Gasteiger partial charge is 0.328 e. The first kappa shape index (κ1) is 15.8. The van der Waals surface area contributed by atoms with E-state index in [1.54, 1.807) is 19.2 Å². The lowest BCUT2D eigenvalue weighted by molar-refractivity contribution is -0.143. The van der Waals surface area contributed by atoms with Crippen molar-refractivity contribution in [1.82, 2.24) is 4.98 Å². The molecule has 1 aromatic heterocycles. The topological polar surface area (TPSA) is 75.3 Å². The first-order valence-electron chi connectivity index (χ1n) is 6.76. The summed E-state index contributed by atoms with van der Waals surface area (Å²) in [5, 5.41) is 8.88. The number of aromatic nitrogens is 1. The average molecular weight is 273 g/mol. The van der Waals surface area contributed by atoms with Crippen molar-refractivity contribution in [3.05, 3.63) is 23.9 Å². The molecule has 106 valence electrons. The van der Waals surface area contributed by atoms with Crippen LogP contribution in [0.15, 0.2) is 23.3 Å². The molecule has 0 aromatic carbocycles. The highest BCUT2D eigenvalue weighted by Gasteiger charge is 2.16. The van der Waals surface area contributed by atoms with Crippen LogP contribution in [0, 0.1) is 17.2 Å². The number of ether oxygens (including phenoxy) is 1. The Bertz CT molecular complexity index is 489. The van der Waals surface area contributed by atoms with Crippen molar-refractivity contribution in [1.29, 1.82) is 5.26 Å². The minimum Gasteiger partial charge on any atom is -0.465 e. The molecule has 0 aliphatic rings. The summed E-state index contributed by atoms with van der Waals surface area (Å²) in [7, 11) is 0. The molecule has 0 N–H and O–H groups in total. The zero-order chi connectivity index (χ0) is 14.8. The molecular weight excluding hydrogens is 254 g/mol. The van der Waals surface area contributed by atoms with E-state index in [9.17, 15) is 4.79 Å². The zero-order valence-electron chi connectivity index (χ0n) is 11.9. The van der Waals surface area contributed by atoms with E-state index < -0.39 is 11.9 Å². The number of nitriles is 1. The number of carbonyl (C=O) groups is 1. The van der Waals surface area contributed by atoms with Crippen molar-refractivity contribution >= 4 is 18.0 Å². The lowest BCUT2D eigenvalue weighted by atomic mass is 10.1. The standard InChI is InChI=1S/C15H19N3O2/c1-3-5-6-12-7-8-14(17-10-12)18-11-13(9-16)15(19)20-4-2/h7-8,10-11,13H,3-6H2,1-2H3. The van der Waals surface area contributed by atoms with Gasteiger partial charge in [0.15, 0.2) is 11.7 Å². The van der Waals surface area contributed by atoms with Crippen molar-refractivity contribution in [2.45, 2.75) is 33.1 Å². The number of rotatable bonds is 7. The Morgan fingerprint density at radius 1 is 1.55 bits per heavy atom. The predicted octanol–water partition coefficient (Wildman–Crippen LogP) is 2.83. The van der Waals surface area contributed by atoms with E-state index in [0.717, 1.165) is 24.8 Å². The van der Waals surface area contributed by atoms with E-state index in [1.807, 2.05) is 12.1 Å². The highest BCUT2D eigenvalue weighted by molar-refractivity contribution is 5.93. The maximum atomic E-state index is 11.4. The van der Waals surface area contributed by atoms with E-state index in [4.69, 9.17) is 10.00 Å². The summed E-state index contributed by atoms with van der Waals surface area (Å²) in [6, 6.07) is 5.58. The first-order chi connectivity index (χ1) is 9.71. The van der Waals surface area contributed by atoms with Crippen LogP contribution in [-0.2, 0) is 16.0 Å². The van der Waals surface area contributed by atoms with E-state index in [2.05, 4.69) is 16.9 Å². The molecule has 0 saturated heterocycles. The molecule has 5 heteroatoms. The Kier molecular flexibility index (Phi) is 6.97. The third kappa shape index (κ3) is 5.19. The Morgan fingerprint density at radius 2 is 2.35 bits per heavy atom. The monoisotopic (exact) mass is 273 g/mol. The zero-order valence-corrected chi connectivity index (χ0v) is 11.9. The fraction of sp³-hybridized carbons (Fsp3) is 0.467. The molecule has 5 nitrogen and oxygen atoms in total. The highest BCUT2D eigenvalue weighted by atomic mass is 16.5. The normalized spacial score (nSPS) is 12.1. The van der Waals surface area contributed by atoms with Crippen molar-refractivity contribution in [3.8, 4) is 6.07 Å². The predicted molar refractivity (Wildman–Crippen MR) is 76.7 cm³/mol. The SMILES string of the molecule is CCCCc1ccc(N=CC(C#N)C(=O)OCC)nc1. The van der Waals surface area contributed by atoms with Crippen LogP contribution in [0.1, 0.15) is 32.3 Å². The number of aliphatic imine (C=N–C) groups is 1. The van der Waals surface area contributed by atoms with E-state index in [1.165, 1.54) is 6.21 Å². The van der Waals surface area contributed by atoms with Crippen molar-refractivity contribution in [2.24, 2.45) is 10.9 Å². The molecule has 0 saturated carbocycles. The number of pyridine rings is 1. The number of carbonyl (C=O) groups excluding carboxylic acids is 1. The van der Waals surface area contributed by atoms with Gasteiger partial charge in [-0.1, -0.05) is 19.4 Å². The molecule has 1 atom stereocenters. The van der Waals surface area contributed by atoms with Gasteiger partial charge in [0.25, 0.3) is 0 Å². The average Bonchev–Trinajstić information content (AvgIpc) is 2.47. The second-order valence-corrected chi connectivity index (χ2v) is 4.27. The molecule has 1 heterocycles. The third-order valence-corrected chi connectivity index (χ3v) is 2.66. The molecule has 1 rings (SSSR count). The molecule has 0 aliphatic heterocycles. The molecule has 1 aromatic rings. The number of hydrogen-bond acceptors (Lipinski definition) is 5. The summed E-state index contributed by atoms with van der Waals surface area (Å²) in [5.74, 6) is -1.09. The lowest BCUT2D eigenvalue weighted by Gasteiger charge is -2.03. The highest BCUT2D eigenvalue weighted by Crippen LogP contribution is 2.11. The number of aryl methyl sites for hydroxylation is 1. The van der Waals surface area contributed by atoms with Crippen LogP contribution in [0.3, 0.4) is 0 Å². The molecule has 1 unspecified atom stereocenters. The second-order valence-electron chi connectivity index (χ2n) is 4.27. The van der Waals surface area contributed by atoms with Crippen LogP contribution in [0.5, 0.6) is 0 Å². The van der Waals surface area contributed by atoms with Gasteiger partial charge < -0.3 is 4.74 Å². The maximum Gasteiger partial charge on any atom is 0.328 e. The Labute approximate surface area is 119 Å². The van der Waals surface area contributed by atoms with E-state index >= 15 is 0 Å². The van der Waals surface area contributed by atoms with Crippen LogP contribution >= 0.6 is 0 Å². The third-order valence-electron chi connectivity index (χ3n) is 2.66. The van der Waals surface area contributed by atoms with Crippen LogP contribution < -0.4 is 0 Å². The Morgan fingerprint density at radius 3 is 2.90 bits per heavy atom. The second kappa shape index (κ2) is 8.81. The number of unbranched alkanes of at least 4 members (excludes halogenated alkanes) is 1. The van der Waals surface area contributed by atoms with Crippen molar-refractivity contribution < 1.29 is 9.53 Å². The van der Waals surface area contributed by atoms with Gasteiger partial charge in [-0.3, -0.25) is 4.79 Å². The Balaban J connectivity index is 2.65. The van der Waals surface area contributed by atoms with Gasteiger partial charge in [0.1, 0.15) is 0 Å². The van der Waals surface area contributed by atoms with Gasteiger partial charge in [0.05, 0.1) is 12.7 Å². The van der Waals surface area contributed by atoms with Crippen LogP contribution in [0.4, 0.5) is 5.82 Å². The maximum absolute atomic E-state index is 11.4. The van der Waals surface area contributed by atoms with E-state index in [-0.39, 0.29) is 6.61 Å². The van der Waals surface area contributed by atoms with Gasteiger partial charge in [-0.2, -0.15) is 5.26 Å². The number of nitrogens with zero attached hydrogens (tertiary/aromatic N) is 3. The molecule has 0 aliphatic carbocycles.